The third-order valence-corrected chi connectivity index (χ3v) is 5.68. The van der Waals surface area contributed by atoms with Gasteiger partial charge in [0.15, 0.2) is 0 Å². The molecule has 4 heteroatoms. The van der Waals surface area contributed by atoms with Crippen LogP contribution in [0.4, 0.5) is 0 Å². The van der Waals surface area contributed by atoms with Crippen molar-refractivity contribution in [2.24, 2.45) is 5.41 Å². The van der Waals surface area contributed by atoms with Crippen molar-refractivity contribution >= 4 is 11.8 Å². The van der Waals surface area contributed by atoms with E-state index in [-0.39, 0.29) is 23.3 Å². The van der Waals surface area contributed by atoms with Gasteiger partial charge in [-0.25, -0.2) is 5.01 Å². The van der Waals surface area contributed by atoms with Gasteiger partial charge in [-0.15, -0.1) is 0 Å². The highest BCUT2D eigenvalue weighted by Crippen LogP contribution is 2.29. The van der Waals surface area contributed by atoms with Gasteiger partial charge in [0.2, 0.25) is 0 Å². The summed E-state index contributed by atoms with van der Waals surface area (Å²) in [5, 5.41) is 1.58. The predicted octanol–water partition coefficient (Wildman–Crippen LogP) is 6.26. The molecule has 1 unspecified atom stereocenters. The third kappa shape index (κ3) is 6.68. The Morgan fingerprint density at radius 2 is 1.52 bits per heavy atom. The summed E-state index contributed by atoms with van der Waals surface area (Å²) in [5.74, 6) is -0.424. The summed E-state index contributed by atoms with van der Waals surface area (Å²) in [6, 6.07) is 13.3. The minimum atomic E-state index is -0.258. The van der Waals surface area contributed by atoms with Gasteiger partial charge in [0.05, 0.1) is 6.04 Å². The van der Waals surface area contributed by atoms with E-state index in [1.807, 2.05) is 56.3 Å². The van der Waals surface area contributed by atoms with E-state index >= 15 is 0 Å². The van der Waals surface area contributed by atoms with Gasteiger partial charge < -0.3 is 0 Å². The van der Waals surface area contributed by atoms with Gasteiger partial charge in [-0.2, -0.15) is 0 Å². The Labute approximate surface area is 188 Å². The van der Waals surface area contributed by atoms with Crippen LogP contribution in [0.15, 0.2) is 42.5 Å². The molecule has 0 bridgehead atoms. The van der Waals surface area contributed by atoms with Crippen molar-refractivity contribution in [2.75, 3.05) is 0 Å². The molecular formula is C27H38N2O2. The number of hydrazine groups is 1. The Morgan fingerprint density at radius 1 is 0.935 bits per heavy atom. The van der Waals surface area contributed by atoms with Crippen molar-refractivity contribution in [2.45, 2.75) is 80.2 Å². The lowest BCUT2D eigenvalue weighted by Crippen LogP contribution is -2.56. The molecule has 0 saturated carbocycles. The molecule has 0 aliphatic rings. The van der Waals surface area contributed by atoms with Gasteiger partial charge in [0, 0.05) is 11.1 Å². The minimum Gasteiger partial charge on any atom is -0.267 e. The molecule has 4 nitrogen and oxygen atoms in total. The van der Waals surface area contributed by atoms with Crippen LogP contribution < -0.4 is 5.43 Å². The Kier molecular flexibility index (Phi) is 8.43. The number of aryl methyl sites for hydroxylation is 3. The zero-order chi connectivity index (χ0) is 23.2. The van der Waals surface area contributed by atoms with Crippen LogP contribution in [0.3, 0.4) is 0 Å². The highest BCUT2D eigenvalue weighted by Gasteiger charge is 2.35. The van der Waals surface area contributed by atoms with Crippen molar-refractivity contribution in [3.8, 4) is 0 Å². The molecule has 1 N–H and O–H groups in total. The number of benzene rings is 2. The third-order valence-electron chi connectivity index (χ3n) is 5.68. The summed E-state index contributed by atoms with van der Waals surface area (Å²) in [5.41, 5.74) is 7.18. The highest BCUT2D eigenvalue weighted by atomic mass is 16.2. The number of hydrogen-bond acceptors (Lipinski definition) is 2. The molecule has 2 aromatic rings. The summed E-state index contributed by atoms with van der Waals surface area (Å²) in [6.45, 7) is 14.6. The van der Waals surface area contributed by atoms with Crippen LogP contribution >= 0.6 is 0 Å². The van der Waals surface area contributed by atoms with Crippen molar-refractivity contribution in [3.05, 3.63) is 70.3 Å². The number of carbonyl (C=O) groups excluding carboxylic acids is 2. The molecule has 0 heterocycles. The average molecular weight is 423 g/mol. The lowest BCUT2D eigenvalue weighted by Gasteiger charge is -2.40. The SMILES string of the molecule is CCCCC(N(NC(=O)c1ccc(CC)cc1)C(=O)c1cc(C)cc(C)c1)C(C)(C)C. The standard InChI is InChI=1S/C27H38N2O2/c1-8-10-11-24(27(5,6)7)29(26(31)23-17-19(3)16-20(4)18-23)28-25(30)22-14-12-21(9-2)13-15-22/h12-18,24H,8-11H2,1-7H3,(H,28,30). The minimum absolute atomic E-state index is 0.125. The van der Waals surface area contributed by atoms with Crippen LogP contribution in [0.2, 0.25) is 0 Å². The second kappa shape index (κ2) is 10.6. The molecule has 0 aliphatic heterocycles. The molecule has 2 amide bonds. The molecule has 2 aromatic carbocycles. The van der Waals surface area contributed by atoms with Gasteiger partial charge >= 0.3 is 0 Å². The highest BCUT2D eigenvalue weighted by molar-refractivity contribution is 5.99. The maximum atomic E-state index is 13.7. The second-order valence-corrected chi connectivity index (χ2v) is 9.57. The second-order valence-electron chi connectivity index (χ2n) is 9.57. The van der Waals surface area contributed by atoms with Crippen LogP contribution in [0.1, 0.15) is 91.3 Å². The summed E-state index contributed by atoms with van der Waals surface area (Å²) in [6.07, 6.45) is 3.76. The Morgan fingerprint density at radius 3 is 2.00 bits per heavy atom. The monoisotopic (exact) mass is 422 g/mol. The fourth-order valence-electron chi connectivity index (χ4n) is 3.92. The van der Waals surface area contributed by atoms with Crippen LogP contribution in [0.25, 0.3) is 0 Å². The van der Waals surface area contributed by atoms with E-state index < -0.39 is 0 Å². The molecule has 31 heavy (non-hydrogen) atoms. The molecule has 0 aliphatic carbocycles. The van der Waals surface area contributed by atoms with Gasteiger partial charge in [-0.05, 0) is 61.9 Å². The Bertz CT molecular complexity index is 874. The molecule has 168 valence electrons. The fraction of sp³-hybridized carbons (Fsp3) is 0.481. The summed E-state index contributed by atoms with van der Waals surface area (Å²) in [4.78, 5) is 26.8. The quantitative estimate of drug-likeness (QED) is 0.536. The Balaban J connectivity index is 2.44. The molecule has 0 radical (unpaired) electrons. The van der Waals surface area contributed by atoms with Crippen LogP contribution in [0, 0.1) is 19.3 Å². The van der Waals surface area contributed by atoms with Crippen molar-refractivity contribution in [3.63, 3.8) is 0 Å². The molecule has 1 atom stereocenters. The Hall–Kier alpha value is -2.62. The van der Waals surface area contributed by atoms with E-state index in [0.29, 0.717) is 11.1 Å². The number of rotatable bonds is 7. The number of nitrogens with zero attached hydrogens (tertiary/aromatic N) is 1. The molecule has 0 spiro atoms. The van der Waals surface area contributed by atoms with E-state index in [0.717, 1.165) is 36.8 Å². The maximum Gasteiger partial charge on any atom is 0.272 e. The first-order chi connectivity index (χ1) is 14.6. The van der Waals surface area contributed by atoms with Crippen molar-refractivity contribution in [1.82, 2.24) is 10.4 Å². The lowest BCUT2D eigenvalue weighted by atomic mass is 9.83. The van der Waals surface area contributed by atoms with E-state index in [1.165, 1.54) is 5.56 Å². The summed E-state index contributed by atoms with van der Waals surface area (Å²) >= 11 is 0. The average Bonchev–Trinajstić information content (AvgIpc) is 2.71. The number of unbranched alkanes of at least 4 members (excludes halogenated alkanes) is 1. The van der Waals surface area contributed by atoms with E-state index in [9.17, 15) is 9.59 Å². The molecule has 0 fully saturated rings. The molecule has 0 aromatic heterocycles. The van der Waals surface area contributed by atoms with E-state index in [2.05, 4.69) is 40.0 Å². The van der Waals surface area contributed by atoms with Crippen LogP contribution in [0.5, 0.6) is 0 Å². The number of carbonyl (C=O) groups is 2. The van der Waals surface area contributed by atoms with Gasteiger partial charge in [-0.3, -0.25) is 15.0 Å². The molecule has 0 saturated heterocycles. The number of hydrogen-bond donors (Lipinski definition) is 1. The number of amides is 2. The summed E-state index contributed by atoms with van der Waals surface area (Å²) in [7, 11) is 0. The lowest BCUT2D eigenvalue weighted by molar-refractivity contribution is 0.0267. The van der Waals surface area contributed by atoms with Crippen molar-refractivity contribution in [1.29, 1.82) is 0 Å². The van der Waals surface area contributed by atoms with Gasteiger partial charge in [0.1, 0.15) is 0 Å². The van der Waals surface area contributed by atoms with E-state index in [4.69, 9.17) is 0 Å². The predicted molar refractivity (Wildman–Crippen MR) is 128 cm³/mol. The normalized spacial score (nSPS) is 12.4. The van der Waals surface area contributed by atoms with Gasteiger partial charge in [-0.1, -0.05) is 76.8 Å². The zero-order valence-electron chi connectivity index (χ0n) is 20.2. The smallest absolute Gasteiger partial charge is 0.267 e. The summed E-state index contributed by atoms with van der Waals surface area (Å²) < 4.78 is 0. The van der Waals surface area contributed by atoms with Gasteiger partial charge in [0.25, 0.3) is 11.8 Å². The van der Waals surface area contributed by atoms with Crippen LogP contribution in [-0.4, -0.2) is 22.9 Å². The largest absolute Gasteiger partial charge is 0.272 e. The number of nitrogens with one attached hydrogen (secondary N) is 1. The first-order valence-corrected chi connectivity index (χ1v) is 11.4. The fourth-order valence-corrected chi connectivity index (χ4v) is 3.92. The molecule has 2 rings (SSSR count). The zero-order valence-corrected chi connectivity index (χ0v) is 20.2. The van der Waals surface area contributed by atoms with Crippen molar-refractivity contribution < 1.29 is 9.59 Å². The first-order valence-electron chi connectivity index (χ1n) is 11.4. The first kappa shape index (κ1) is 24.6. The maximum absolute atomic E-state index is 13.7. The molecular weight excluding hydrogens is 384 g/mol. The van der Waals surface area contributed by atoms with E-state index in [1.54, 1.807) is 5.01 Å². The topological polar surface area (TPSA) is 49.4 Å². The van der Waals surface area contributed by atoms with Crippen LogP contribution in [-0.2, 0) is 6.42 Å².